The molecule has 0 aromatic heterocycles. The molecule has 20 heteroatoms. The number of carbonyl (C=O) groups is 4. The Labute approximate surface area is 360 Å². The summed E-state index contributed by atoms with van der Waals surface area (Å²) in [6, 6.07) is 13.8. The predicted octanol–water partition coefficient (Wildman–Crippen LogP) is 12.5. The second-order valence-corrected chi connectivity index (χ2v) is 18.0. The Morgan fingerprint density at radius 1 is 0.617 bits per heavy atom. The quantitative estimate of drug-likeness (QED) is 0.105. The van der Waals surface area contributed by atoms with E-state index in [-0.39, 0.29) is 22.4 Å². The number of halogens is 5. The van der Waals surface area contributed by atoms with Crippen LogP contribution in [0.4, 0.5) is 55.1 Å². The van der Waals surface area contributed by atoms with Crippen molar-refractivity contribution in [2.75, 3.05) is 16.0 Å². The molecule has 0 aliphatic carbocycles. The first-order valence-electron chi connectivity index (χ1n) is 18.0. The monoisotopic (exact) mass is 933 g/mol. The van der Waals surface area contributed by atoms with Gasteiger partial charge in [-0.2, -0.15) is 13.2 Å². The van der Waals surface area contributed by atoms with E-state index in [2.05, 4.69) is 37.2 Å². The van der Waals surface area contributed by atoms with Crippen molar-refractivity contribution in [3.63, 3.8) is 0 Å². The van der Waals surface area contributed by atoms with Crippen LogP contribution in [0, 0.1) is 10.1 Å². The van der Waals surface area contributed by atoms with Gasteiger partial charge in [-0.1, -0.05) is 39.7 Å². The first-order valence-corrected chi connectivity index (χ1v) is 19.1. The van der Waals surface area contributed by atoms with Crippen LogP contribution in [-0.2, 0) is 31.7 Å². The Morgan fingerprint density at radius 2 is 0.983 bits per heavy atom. The molecule has 0 spiro atoms. The molecule has 3 aromatic rings. The SMILES string of the molecule is CC(C)(C)OC(=O)NCc1ccc([N+](=O)[O-])cc1.CC(C)(C)OC(=O)Nc1cc(Br)cc(C(F)(F)F)c1.CC(C)(C)OC(=O)Nc1cc(Cl)cc(NC(=O)OC(C)(C)C)c1. The van der Waals surface area contributed by atoms with E-state index < -0.39 is 63.4 Å². The lowest BCUT2D eigenvalue weighted by Crippen LogP contribution is -2.32. The number of alkyl halides is 3. The number of benzene rings is 3. The van der Waals surface area contributed by atoms with E-state index in [0.717, 1.165) is 17.7 Å². The van der Waals surface area contributed by atoms with Crippen molar-refractivity contribution >= 4 is 74.7 Å². The molecule has 0 heterocycles. The number of nitro benzene ring substituents is 1. The Morgan fingerprint density at radius 3 is 1.33 bits per heavy atom. The van der Waals surface area contributed by atoms with Crippen molar-refractivity contribution in [3.05, 3.63) is 91.4 Å². The molecule has 15 nitrogen and oxygen atoms in total. The van der Waals surface area contributed by atoms with E-state index in [9.17, 15) is 42.5 Å². The van der Waals surface area contributed by atoms with Crippen molar-refractivity contribution in [3.8, 4) is 0 Å². The maximum atomic E-state index is 12.6. The van der Waals surface area contributed by atoms with Crippen LogP contribution in [-0.4, -0.2) is 51.7 Å². The van der Waals surface area contributed by atoms with E-state index in [0.29, 0.717) is 16.4 Å². The van der Waals surface area contributed by atoms with Crippen LogP contribution in [0.25, 0.3) is 0 Å². The summed E-state index contributed by atoms with van der Waals surface area (Å²) in [6.07, 6.45) is -7.01. The molecule has 3 rings (SSSR count). The zero-order chi connectivity index (χ0) is 46.4. The van der Waals surface area contributed by atoms with Crippen molar-refractivity contribution in [2.45, 2.75) is 118 Å². The molecule has 0 aliphatic heterocycles. The summed E-state index contributed by atoms with van der Waals surface area (Å²) >= 11 is 8.96. The number of nitro groups is 1. The van der Waals surface area contributed by atoms with Crippen molar-refractivity contribution in [1.82, 2.24) is 5.32 Å². The standard InChI is InChI=1S/C16H23ClN2O4.C12H13BrF3NO2.C12H16N2O4/c1-15(2,3)22-13(20)18-11-7-10(17)8-12(9-11)19-14(21)23-16(4,5)6;1-11(2,3)19-10(18)17-9-5-7(12(14,15)16)4-8(13)6-9;1-12(2,3)18-11(15)13-8-9-4-6-10(7-5-9)14(16)17/h7-9H,1-6H3,(H,18,20)(H,19,21);4-6H,1-3H3,(H,17,18);4-7H,8H2,1-3H3,(H,13,15). The molecule has 60 heavy (non-hydrogen) atoms. The maximum Gasteiger partial charge on any atom is 0.416 e. The number of non-ortho nitro benzene ring substituents is 1. The summed E-state index contributed by atoms with van der Waals surface area (Å²) in [5, 5.41) is 20.8. The third kappa shape index (κ3) is 24.6. The van der Waals surface area contributed by atoms with E-state index in [1.54, 1.807) is 113 Å². The van der Waals surface area contributed by atoms with Crippen molar-refractivity contribution in [1.29, 1.82) is 0 Å². The molecule has 3 aromatic carbocycles. The number of carbonyl (C=O) groups excluding carboxylic acids is 4. The molecule has 0 atom stereocenters. The summed E-state index contributed by atoms with van der Waals surface area (Å²) in [6.45, 7) is 21.2. The lowest BCUT2D eigenvalue weighted by molar-refractivity contribution is -0.384. The number of nitrogens with one attached hydrogen (secondary N) is 4. The second-order valence-electron chi connectivity index (χ2n) is 16.6. The molecule has 0 bridgehead atoms. The van der Waals surface area contributed by atoms with Gasteiger partial charge in [-0.05, 0) is 125 Å². The van der Waals surface area contributed by atoms with Gasteiger partial charge in [-0.15, -0.1) is 0 Å². The van der Waals surface area contributed by atoms with Crippen LogP contribution in [0.1, 0.15) is 94.2 Å². The number of alkyl carbamates (subject to hydrolysis) is 1. The molecule has 0 radical (unpaired) electrons. The minimum Gasteiger partial charge on any atom is -0.444 e. The van der Waals surface area contributed by atoms with Crippen LogP contribution < -0.4 is 21.3 Å². The highest BCUT2D eigenvalue weighted by molar-refractivity contribution is 9.10. The van der Waals surface area contributed by atoms with Crippen LogP contribution >= 0.6 is 27.5 Å². The number of hydrogen-bond donors (Lipinski definition) is 4. The molecule has 0 unspecified atom stereocenters. The first kappa shape index (κ1) is 52.7. The number of amides is 4. The van der Waals surface area contributed by atoms with Gasteiger partial charge in [0.05, 0.1) is 10.5 Å². The van der Waals surface area contributed by atoms with Crippen LogP contribution in [0.15, 0.2) is 65.1 Å². The molecule has 0 aliphatic rings. The fraction of sp³-hybridized carbons (Fsp3) is 0.450. The van der Waals surface area contributed by atoms with E-state index in [4.69, 9.17) is 30.5 Å². The molecule has 4 amide bonds. The predicted molar refractivity (Wildman–Crippen MR) is 226 cm³/mol. The molecule has 332 valence electrons. The zero-order valence-corrected chi connectivity index (χ0v) is 37.7. The van der Waals surface area contributed by atoms with Gasteiger partial charge in [0.1, 0.15) is 22.4 Å². The Bertz CT molecular complexity index is 1910. The Kier molecular flexibility index (Phi) is 19.2. The van der Waals surface area contributed by atoms with Gasteiger partial charge in [0.25, 0.3) is 5.69 Å². The summed E-state index contributed by atoms with van der Waals surface area (Å²) in [4.78, 5) is 56.4. The lowest BCUT2D eigenvalue weighted by atomic mass is 10.2. The minimum absolute atomic E-state index is 0.0101. The average molecular weight is 935 g/mol. The molecule has 0 saturated carbocycles. The highest BCUT2D eigenvalue weighted by Crippen LogP contribution is 2.33. The molecule has 0 fully saturated rings. The van der Waals surface area contributed by atoms with E-state index in [1.807, 2.05) is 0 Å². The number of nitrogens with zero attached hydrogens (tertiary/aromatic N) is 1. The van der Waals surface area contributed by atoms with Crippen LogP contribution in [0.2, 0.25) is 5.02 Å². The van der Waals surface area contributed by atoms with Gasteiger partial charge in [0, 0.05) is 45.2 Å². The van der Waals surface area contributed by atoms with Gasteiger partial charge in [0.2, 0.25) is 0 Å². The number of ether oxygens (including phenoxy) is 4. The van der Waals surface area contributed by atoms with Gasteiger partial charge in [-0.25, -0.2) is 19.2 Å². The second kappa shape index (κ2) is 21.8. The van der Waals surface area contributed by atoms with Crippen LogP contribution in [0.3, 0.4) is 0 Å². The average Bonchev–Trinajstić information content (AvgIpc) is 3.00. The Hall–Kier alpha value is -5.30. The maximum absolute atomic E-state index is 12.6. The molecule has 4 N–H and O–H groups in total. The largest absolute Gasteiger partial charge is 0.444 e. The molecular formula is C40H52BrClF3N5O10. The van der Waals surface area contributed by atoms with Gasteiger partial charge >= 0.3 is 30.5 Å². The number of rotatable bonds is 6. The van der Waals surface area contributed by atoms with E-state index in [1.165, 1.54) is 18.2 Å². The van der Waals surface area contributed by atoms with Gasteiger partial charge < -0.3 is 24.3 Å². The summed E-state index contributed by atoms with van der Waals surface area (Å²) in [5.41, 5.74) is -1.73. The fourth-order valence-electron chi connectivity index (χ4n) is 4.05. The van der Waals surface area contributed by atoms with Gasteiger partial charge in [0.15, 0.2) is 0 Å². The topological polar surface area (TPSA) is 196 Å². The van der Waals surface area contributed by atoms with Gasteiger partial charge in [-0.3, -0.25) is 26.1 Å². The third-order valence-corrected chi connectivity index (χ3v) is 6.72. The molecular weight excluding hydrogens is 883 g/mol. The third-order valence-electron chi connectivity index (χ3n) is 6.04. The summed E-state index contributed by atoms with van der Waals surface area (Å²) in [5.74, 6) is 0. The highest BCUT2D eigenvalue weighted by atomic mass is 79.9. The van der Waals surface area contributed by atoms with E-state index >= 15 is 0 Å². The van der Waals surface area contributed by atoms with Crippen molar-refractivity contribution < 1.29 is 56.2 Å². The smallest absolute Gasteiger partial charge is 0.416 e. The lowest BCUT2D eigenvalue weighted by Gasteiger charge is -2.21. The number of hydrogen-bond acceptors (Lipinski definition) is 10. The number of anilines is 3. The zero-order valence-electron chi connectivity index (χ0n) is 35.4. The Balaban J connectivity index is 0.000000454. The summed E-state index contributed by atoms with van der Waals surface area (Å²) in [7, 11) is 0. The summed E-state index contributed by atoms with van der Waals surface area (Å²) < 4.78 is 58.3. The fourth-order valence-corrected chi connectivity index (χ4v) is 4.78. The van der Waals surface area contributed by atoms with Crippen LogP contribution in [0.5, 0.6) is 0 Å². The van der Waals surface area contributed by atoms with Crippen molar-refractivity contribution in [2.24, 2.45) is 0 Å². The minimum atomic E-state index is -4.48. The normalized spacial score (nSPS) is 11.6. The highest BCUT2D eigenvalue weighted by Gasteiger charge is 2.31. The first-order chi connectivity index (χ1) is 27.1. The molecule has 0 saturated heterocycles.